The molecule has 120 valence electrons. The Kier molecular flexibility index (Phi) is 5.08. The third-order valence-electron chi connectivity index (χ3n) is 4.83. The van der Waals surface area contributed by atoms with Crippen molar-refractivity contribution in [3.63, 3.8) is 0 Å². The highest BCUT2D eigenvalue weighted by molar-refractivity contribution is 5.73. The standard InChI is InChI=1S/C18H26N2O2/c1-13(21)19-18(17-11-6-12-22-17)16-10-5-9-15(20-16)14-7-3-2-4-8-14/h5,9-10,14,17-18H,2-4,6-8,11-12H2,1H3,(H,19,21). The van der Waals surface area contributed by atoms with Gasteiger partial charge in [-0.2, -0.15) is 0 Å². The fourth-order valence-electron chi connectivity index (χ4n) is 3.71. The number of carbonyl (C=O) groups is 1. The van der Waals surface area contributed by atoms with Crippen LogP contribution in [0.3, 0.4) is 0 Å². The highest BCUT2D eigenvalue weighted by Gasteiger charge is 2.29. The van der Waals surface area contributed by atoms with Crippen molar-refractivity contribution in [3.05, 3.63) is 29.6 Å². The molecule has 1 aromatic rings. The fraction of sp³-hybridized carbons (Fsp3) is 0.667. The van der Waals surface area contributed by atoms with E-state index in [9.17, 15) is 4.79 Å². The maximum atomic E-state index is 11.6. The summed E-state index contributed by atoms with van der Waals surface area (Å²) in [6.07, 6.45) is 8.53. The highest BCUT2D eigenvalue weighted by Crippen LogP contribution is 2.33. The summed E-state index contributed by atoms with van der Waals surface area (Å²) >= 11 is 0. The first-order chi connectivity index (χ1) is 10.7. The number of ether oxygens (including phenoxy) is 1. The van der Waals surface area contributed by atoms with Crippen LogP contribution in [-0.2, 0) is 9.53 Å². The summed E-state index contributed by atoms with van der Waals surface area (Å²) < 4.78 is 5.80. The third kappa shape index (κ3) is 3.67. The predicted molar refractivity (Wildman–Crippen MR) is 85.6 cm³/mol. The Balaban J connectivity index is 1.81. The number of aromatic nitrogens is 1. The van der Waals surface area contributed by atoms with Crippen LogP contribution in [0.1, 0.15) is 75.2 Å². The van der Waals surface area contributed by atoms with Gasteiger partial charge in [0, 0.05) is 25.1 Å². The molecule has 4 heteroatoms. The molecule has 2 heterocycles. The topological polar surface area (TPSA) is 51.2 Å². The first-order valence-electron chi connectivity index (χ1n) is 8.59. The van der Waals surface area contributed by atoms with Crippen LogP contribution in [-0.4, -0.2) is 23.6 Å². The average molecular weight is 302 g/mol. The molecular formula is C18H26N2O2. The minimum absolute atomic E-state index is 0.0228. The zero-order valence-corrected chi connectivity index (χ0v) is 13.4. The molecule has 1 aromatic heterocycles. The summed E-state index contributed by atoms with van der Waals surface area (Å²) in [4.78, 5) is 16.5. The van der Waals surface area contributed by atoms with E-state index in [1.807, 2.05) is 6.07 Å². The Morgan fingerprint density at radius 2 is 2.05 bits per heavy atom. The molecule has 0 aromatic carbocycles. The second-order valence-electron chi connectivity index (χ2n) is 6.55. The Labute approximate surface area is 132 Å². The zero-order valence-electron chi connectivity index (χ0n) is 13.4. The number of hydrogen-bond acceptors (Lipinski definition) is 3. The number of nitrogens with zero attached hydrogens (tertiary/aromatic N) is 1. The molecule has 0 bridgehead atoms. The highest BCUT2D eigenvalue weighted by atomic mass is 16.5. The van der Waals surface area contributed by atoms with Gasteiger partial charge in [-0.3, -0.25) is 9.78 Å². The summed E-state index contributed by atoms with van der Waals surface area (Å²) in [7, 11) is 0. The largest absolute Gasteiger partial charge is 0.376 e. The number of pyridine rings is 1. The van der Waals surface area contributed by atoms with Crippen LogP contribution in [0.15, 0.2) is 18.2 Å². The van der Waals surface area contributed by atoms with Crippen molar-refractivity contribution in [1.82, 2.24) is 10.3 Å². The summed E-state index contributed by atoms with van der Waals surface area (Å²) in [5, 5.41) is 3.04. The molecule has 1 saturated carbocycles. The molecular weight excluding hydrogens is 276 g/mol. The fourth-order valence-corrected chi connectivity index (χ4v) is 3.71. The van der Waals surface area contributed by atoms with Gasteiger partial charge in [0.2, 0.25) is 5.91 Å². The van der Waals surface area contributed by atoms with E-state index in [-0.39, 0.29) is 18.1 Å². The Hall–Kier alpha value is -1.42. The van der Waals surface area contributed by atoms with E-state index in [0.717, 1.165) is 25.1 Å². The van der Waals surface area contributed by atoms with Crippen LogP contribution in [0.25, 0.3) is 0 Å². The van der Waals surface area contributed by atoms with E-state index in [2.05, 4.69) is 17.4 Å². The Bertz CT molecular complexity index is 506. The predicted octanol–water partition coefficient (Wildman–Crippen LogP) is 3.49. The van der Waals surface area contributed by atoms with Gasteiger partial charge in [-0.25, -0.2) is 0 Å². The molecule has 0 radical (unpaired) electrons. The molecule has 1 amide bonds. The molecule has 0 spiro atoms. The first kappa shape index (κ1) is 15.5. The Morgan fingerprint density at radius 1 is 1.23 bits per heavy atom. The van der Waals surface area contributed by atoms with Crippen LogP contribution in [0.5, 0.6) is 0 Å². The maximum absolute atomic E-state index is 11.6. The first-order valence-corrected chi connectivity index (χ1v) is 8.59. The van der Waals surface area contributed by atoms with E-state index in [0.29, 0.717) is 5.92 Å². The van der Waals surface area contributed by atoms with Crippen LogP contribution in [0.4, 0.5) is 0 Å². The summed E-state index contributed by atoms with van der Waals surface area (Å²) in [5.74, 6) is 0.557. The van der Waals surface area contributed by atoms with Gasteiger partial charge in [0.25, 0.3) is 0 Å². The van der Waals surface area contributed by atoms with Crippen LogP contribution in [0, 0.1) is 0 Å². The van der Waals surface area contributed by atoms with Crippen LogP contribution in [0.2, 0.25) is 0 Å². The van der Waals surface area contributed by atoms with Crippen LogP contribution < -0.4 is 5.32 Å². The molecule has 1 saturated heterocycles. The molecule has 2 fully saturated rings. The zero-order chi connectivity index (χ0) is 15.4. The van der Waals surface area contributed by atoms with Crippen molar-refractivity contribution in [2.24, 2.45) is 0 Å². The van der Waals surface area contributed by atoms with E-state index < -0.39 is 0 Å². The lowest BCUT2D eigenvalue weighted by molar-refractivity contribution is -0.120. The van der Waals surface area contributed by atoms with Crippen molar-refractivity contribution >= 4 is 5.91 Å². The molecule has 1 aliphatic carbocycles. The second-order valence-corrected chi connectivity index (χ2v) is 6.55. The monoisotopic (exact) mass is 302 g/mol. The number of nitrogens with one attached hydrogen (secondary N) is 1. The molecule has 2 unspecified atom stereocenters. The molecule has 22 heavy (non-hydrogen) atoms. The molecule has 2 aliphatic rings. The maximum Gasteiger partial charge on any atom is 0.217 e. The van der Waals surface area contributed by atoms with E-state index in [1.165, 1.54) is 37.8 Å². The molecule has 3 rings (SSSR count). The van der Waals surface area contributed by atoms with E-state index in [4.69, 9.17) is 9.72 Å². The molecule has 4 nitrogen and oxygen atoms in total. The minimum atomic E-state index is -0.122. The lowest BCUT2D eigenvalue weighted by Crippen LogP contribution is -2.35. The SMILES string of the molecule is CC(=O)NC(c1cccc(C2CCCCC2)n1)C1CCCO1. The van der Waals surface area contributed by atoms with Gasteiger partial charge in [0.05, 0.1) is 17.8 Å². The van der Waals surface area contributed by atoms with Crippen molar-refractivity contribution in [2.45, 2.75) is 69.9 Å². The number of carbonyl (C=O) groups excluding carboxylic acids is 1. The lowest BCUT2D eigenvalue weighted by Gasteiger charge is -2.26. The summed E-state index contributed by atoms with van der Waals surface area (Å²) in [6, 6.07) is 6.12. The molecule has 2 atom stereocenters. The van der Waals surface area contributed by atoms with Crippen molar-refractivity contribution < 1.29 is 9.53 Å². The quantitative estimate of drug-likeness (QED) is 0.926. The van der Waals surface area contributed by atoms with E-state index in [1.54, 1.807) is 6.92 Å². The van der Waals surface area contributed by atoms with Gasteiger partial charge >= 0.3 is 0 Å². The van der Waals surface area contributed by atoms with Gasteiger partial charge < -0.3 is 10.1 Å². The number of rotatable bonds is 4. The Morgan fingerprint density at radius 3 is 2.73 bits per heavy atom. The molecule has 1 N–H and O–H groups in total. The number of amides is 1. The third-order valence-corrected chi connectivity index (χ3v) is 4.83. The molecule has 1 aliphatic heterocycles. The van der Waals surface area contributed by atoms with Crippen molar-refractivity contribution in [1.29, 1.82) is 0 Å². The lowest BCUT2D eigenvalue weighted by atomic mass is 9.86. The summed E-state index contributed by atoms with van der Waals surface area (Å²) in [5.41, 5.74) is 2.13. The van der Waals surface area contributed by atoms with Crippen LogP contribution >= 0.6 is 0 Å². The van der Waals surface area contributed by atoms with Gasteiger partial charge in [-0.15, -0.1) is 0 Å². The van der Waals surface area contributed by atoms with E-state index >= 15 is 0 Å². The smallest absolute Gasteiger partial charge is 0.217 e. The van der Waals surface area contributed by atoms with Gasteiger partial charge in [0.15, 0.2) is 0 Å². The van der Waals surface area contributed by atoms with Gasteiger partial charge in [-0.05, 0) is 37.8 Å². The van der Waals surface area contributed by atoms with Crippen molar-refractivity contribution in [3.8, 4) is 0 Å². The average Bonchev–Trinajstić information content (AvgIpc) is 3.08. The van der Waals surface area contributed by atoms with Gasteiger partial charge in [-0.1, -0.05) is 25.3 Å². The second kappa shape index (κ2) is 7.23. The summed E-state index contributed by atoms with van der Waals surface area (Å²) in [6.45, 7) is 2.34. The van der Waals surface area contributed by atoms with Crippen molar-refractivity contribution in [2.75, 3.05) is 6.61 Å². The normalized spacial score (nSPS) is 24.1. The van der Waals surface area contributed by atoms with Gasteiger partial charge in [0.1, 0.15) is 0 Å². The number of hydrogen-bond donors (Lipinski definition) is 1. The minimum Gasteiger partial charge on any atom is -0.376 e.